The normalized spacial score (nSPS) is 27.0. The predicted molar refractivity (Wildman–Crippen MR) is 144 cm³/mol. The van der Waals surface area contributed by atoms with E-state index < -0.39 is 5.92 Å². The van der Waals surface area contributed by atoms with Crippen molar-refractivity contribution in [3.8, 4) is 5.75 Å². The highest BCUT2D eigenvalue weighted by molar-refractivity contribution is 7.99. The van der Waals surface area contributed by atoms with Crippen LogP contribution in [0.3, 0.4) is 0 Å². The zero-order valence-electron chi connectivity index (χ0n) is 20.8. The second-order valence-electron chi connectivity index (χ2n) is 10.4. The number of allylic oxidation sites excluding steroid dienone is 2. The fraction of sp³-hybridized carbons (Fsp3) is 0.429. The van der Waals surface area contributed by atoms with Gasteiger partial charge in [-0.1, -0.05) is 55.8 Å². The van der Waals surface area contributed by atoms with Crippen LogP contribution in [0.15, 0.2) is 59.8 Å². The number of halogens is 1. The molecule has 0 radical (unpaired) electrons. The zero-order chi connectivity index (χ0) is 25.4. The van der Waals surface area contributed by atoms with Gasteiger partial charge in [0.1, 0.15) is 11.2 Å². The summed E-state index contributed by atoms with van der Waals surface area (Å²) in [7, 11) is 0. The van der Waals surface area contributed by atoms with Crippen molar-refractivity contribution in [3.05, 3.63) is 76.0 Å². The third-order valence-electron chi connectivity index (χ3n) is 7.10. The van der Waals surface area contributed by atoms with Crippen LogP contribution in [0, 0.1) is 11.3 Å². The zero-order valence-corrected chi connectivity index (χ0v) is 22.3. The third-order valence-corrected chi connectivity index (χ3v) is 8.53. The molecule has 4 atom stereocenters. The number of carbonyl (C=O) groups is 2. The molecule has 36 heavy (non-hydrogen) atoms. The first-order valence-corrected chi connectivity index (χ1v) is 13.9. The average Bonchev–Trinajstić information content (AvgIpc) is 2.82. The van der Waals surface area contributed by atoms with E-state index in [1.807, 2.05) is 55.5 Å². The van der Waals surface area contributed by atoms with Crippen molar-refractivity contribution in [2.75, 3.05) is 6.61 Å². The van der Waals surface area contributed by atoms with Crippen molar-refractivity contribution >= 4 is 35.1 Å². The molecule has 6 nitrogen and oxygen atoms in total. The van der Waals surface area contributed by atoms with Gasteiger partial charge in [0.15, 0.2) is 5.78 Å². The molecule has 4 unspecified atom stereocenters. The number of benzene rings is 2. The van der Waals surface area contributed by atoms with Crippen molar-refractivity contribution in [2.45, 2.75) is 56.9 Å². The van der Waals surface area contributed by atoms with Gasteiger partial charge in [-0.15, -0.1) is 11.8 Å². The number of nitrogens with one attached hydrogen (secondary N) is 3. The van der Waals surface area contributed by atoms with Crippen molar-refractivity contribution in [2.24, 2.45) is 11.3 Å². The molecule has 1 amide bonds. The molecule has 190 valence electrons. The summed E-state index contributed by atoms with van der Waals surface area (Å²) in [6.45, 7) is 6.78. The molecular formula is C28H32ClN3O3S. The molecule has 2 aromatic rings. The maximum absolute atomic E-state index is 13.6. The van der Waals surface area contributed by atoms with Crippen LogP contribution >= 0.6 is 23.4 Å². The molecule has 1 fully saturated rings. The predicted octanol–water partition coefficient (Wildman–Crippen LogP) is 4.95. The Labute approximate surface area is 221 Å². The Morgan fingerprint density at radius 3 is 2.53 bits per heavy atom. The first-order chi connectivity index (χ1) is 17.3. The Balaban J connectivity index is 1.45. The lowest BCUT2D eigenvalue weighted by Gasteiger charge is -2.48. The molecule has 8 heteroatoms. The van der Waals surface area contributed by atoms with Gasteiger partial charge in [0, 0.05) is 34.4 Å². The highest BCUT2D eigenvalue weighted by atomic mass is 35.5. The Kier molecular flexibility index (Phi) is 7.07. The lowest BCUT2D eigenvalue weighted by atomic mass is 9.66. The molecule has 0 spiro atoms. The van der Waals surface area contributed by atoms with Crippen LogP contribution in [0.5, 0.6) is 5.75 Å². The van der Waals surface area contributed by atoms with Crippen LogP contribution < -0.4 is 20.7 Å². The lowest BCUT2D eigenvalue weighted by Crippen LogP contribution is -2.68. The summed E-state index contributed by atoms with van der Waals surface area (Å²) in [6.07, 6.45) is 0.953. The Bertz CT molecular complexity index is 1200. The first kappa shape index (κ1) is 25.2. The molecule has 1 aliphatic carbocycles. The van der Waals surface area contributed by atoms with Crippen LogP contribution in [0.25, 0.3) is 0 Å². The van der Waals surface area contributed by atoms with Crippen LogP contribution in [0.1, 0.15) is 50.7 Å². The summed E-state index contributed by atoms with van der Waals surface area (Å²) < 4.78 is 5.62. The highest BCUT2D eigenvalue weighted by Gasteiger charge is 2.50. The first-order valence-electron chi connectivity index (χ1n) is 12.4. The van der Waals surface area contributed by atoms with Gasteiger partial charge >= 0.3 is 0 Å². The molecule has 0 saturated carbocycles. The fourth-order valence-electron chi connectivity index (χ4n) is 5.54. The van der Waals surface area contributed by atoms with E-state index in [1.54, 1.807) is 11.8 Å². The van der Waals surface area contributed by atoms with E-state index in [2.05, 4.69) is 29.8 Å². The number of amides is 1. The maximum Gasteiger partial charge on any atom is 0.229 e. The van der Waals surface area contributed by atoms with Gasteiger partial charge in [-0.25, -0.2) is 0 Å². The van der Waals surface area contributed by atoms with E-state index >= 15 is 0 Å². The number of ketones is 1. The number of hydrogen-bond donors (Lipinski definition) is 3. The van der Waals surface area contributed by atoms with E-state index in [0.717, 1.165) is 34.6 Å². The smallest absolute Gasteiger partial charge is 0.229 e. The monoisotopic (exact) mass is 525 g/mol. The van der Waals surface area contributed by atoms with E-state index in [0.29, 0.717) is 23.8 Å². The fourth-order valence-corrected chi connectivity index (χ4v) is 6.86. The second kappa shape index (κ2) is 10.1. The van der Waals surface area contributed by atoms with Gasteiger partial charge in [-0.2, -0.15) is 0 Å². The summed E-state index contributed by atoms with van der Waals surface area (Å²) in [5.41, 5.74) is 3.27. The standard InChI is InChI=1S/C28H32ClN3O3S/c1-4-35-18-11-9-16(10-12-18)22-23-20(13-28(2,3)14-21(23)33)30-25-24(22)26(34)32-27(31-25)36-15-17-7-5-6-8-19(17)29/h5-12,22,24-25,27,30-31H,4,13-15H2,1-3H3,(H,32,34). The van der Waals surface area contributed by atoms with Crippen LogP contribution in [-0.2, 0) is 15.3 Å². The molecule has 0 aromatic heterocycles. The Morgan fingerprint density at radius 1 is 1.06 bits per heavy atom. The van der Waals surface area contributed by atoms with Gasteiger partial charge in [-0.3, -0.25) is 14.9 Å². The van der Waals surface area contributed by atoms with Gasteiger partial charge in [0.2, 0.25) is 5.91 Å². The van der Waals surface area contributed by atoms with Crippen molar-refractivity contribution < 1.29 is 14.3 Å². The number of carbonyl (C=O) groups excluding carboxylic acids is 2. The molecule has 3 N–H and O–H groups in total. The molecular weight excluding hydrogens is 494 g/mol. The second-order valence-corrected chi connectivity index (χ2v) is 11.9. The third kappa shape index (κ3) is 5.01. The number of rotatable bonds is 6. The van der Waals surface area contributed by atoms with Gasteiger partial charge in [0.05, 0.1) is 18.7 Å². The van der Waals surface area contributed by atoms with E-state index in [1.165, 1.54) is 0 Å². The van der Waals surface area contributed by atoms with E-state index in [4.69, 9.17) is 16.3 Å². The van der Waals surface area contributed by atoms with Crippen LogP contribution in [0.4, 0.5) is 0 Å². The SMILES string of the molecule is CCOc1ccc(C2C3=C(CC(C)(C)CC3=O)NC3NC(SCc4ccccc4Cl)NC(=O)C32)cc1. The summed E-state index contributed by atoms with van der Waals surface area (Å²) in [5, 5.41) is 11.0. The largest absolute Gasteiger partial charge is 0.494 e. The minimum atomic E-state index is -0.455. The van der Waals surface area contributed by atoms with E-state index in [9.17, 15) is 9.59 Å². The minimum Gasteiger partial charge on any atom is -0.494 e. The topological polar surface area (TPSA) is 79.5 Å². The van der Waals surface area contributed by atoms with Crippen molar-refractivity contribution in [1.29, 1.82) is 0 Å². The van der Waals surface area contributed by atoms with Crippen LogP contribution in [0.2, 0.25) is 5.02 Å². The number of fused-ring (bicyclic) bond motifs is 1. The molecule has 2 aliphatic heterocycles. The van der Waals surface area contributed by atoms with Crippen LogP contribution in [-0.4, -0.2) is 30.0 Å². The number of ether oxygens (including phenoxy) is 1. The molecule has 2 aromatic carbocycles. The summed E-state index contributed by atoms with van der Waals surface area (Å²) in [4.78, 5) is 27.0. The van der Waals surface area contributed by atoms with E-state index in [-0.39, 0.29) is 34.7 Å². The van der Waals surface area contributed by atoms with Crippen molar-refractivity contribution in [3.63, 3.8) is 0 Å². The van der Waals surface area contributed by atoms with Gasteiger partial charge < -0.3 is 15.4 Å². The lowest BCUT2D eigenvalue weighted by molar-refractivity contribution is -0.130. The molecule has 2 heterocycles. The Hall–Kier alpha value is -2.48. The molecule has 3 aliphatic rings. The Morgan fingerprint density at radius 2 is 1.81 bits per heavy atom. The number of hydrogen-bond acceptors (Lipinski definition) is 6. The molecule has 0 bridgehead atoms. The minimum absolute atomic E-state index is 0.0639. The van der Waals surface area contributed by atoms with Gasteiger partial charge in [0.25, 0.3) is 0 Å². The number of Topliss-reactive ketones (excluding diaryl/α,β-unsaturated/α-hetero) is 1. The average molecular weight is 526 g/mol. The number of thioether (sulfide) groups is 1. The summed E-state index contributed by atoms with van der Waals surface area (Å²) in [6, 6.07) is 15.6. The molecule has 5 rings (SSSR count). The maximum atomic E-state index is 13.6. The van der Waals surface area contributed by atoms with Gasteiger partial charge in [-0.05, 0) is 48.1 Å². The summed E-state index contributed by atoms with van der Waals surface area (Å²) in [5.74, 6) is 0.715. The quantitative estimate of drug-likeness (QED) is 0.495. The molecule has 1 saturated heterocycles. The van der Waals surface area contributed by atoms with Crippen molar-refractivity contribution in [1.82, 2.24) is 16.0 Å². The highest BCUT2D eigenvalue weighted by Crippen LogP contribution is 2.48. The summed E-state index contributed by atoms with van der Waals surface area (Å²) >= 11 is 7.93.